The summed E-state index contributed by atoms with van der Waals surface area (Å²) in [6, 6.07) is 9.84. The lowest BCUT2D eigenvalue weighted by molar-refractivity contribution is -0.384. The van der Waals surface area contributed by atoms with Crippen molar-refractivity contribution in [3.63, 3.8) is 0 Å². The molecule has 0 saturated heterocycles. The lowest BCUT2D eigenvalue weighted by Gasteiger charge is -2.13. The summed E-state index contributed by atoms with van der Waals surface area (Å²) in [6.45, 7) is 1.77. The molecule has 0 aliphatic heterocycles. The number of non-ortho nitro benzene ring substituents is 1. The molecule has 0 bridgehead atoms. The summed E-state index contributed by atoms with van der Waals surface area (Å²) in [7, 11) is 1.72. The standard InChI is InChI=1S/C20H18Cl2N6O4S/c1-11(23-19(30)12-3-5-13(21)6-4-12)18-25-26-20(27(18)2)33-10-17(29)24-16-9-14(28(31)32)7-8-15(16)22/h3-9,11H,10H2,1-2H3,(H,23,30)(H,24,29)/t11-/m1/s1. The van der Waals surface area contributed by atoms with E-state index < -0.39 is 16.9 Å². The Morgan fingerprint density at radius 1 is 1.18 bits per heavy atom. The van der Waals surface area contributed by atoms with Crippen LogP contribution in [0.5, 0.6) is 0 Å². The molecule has 0 fully saturated rings. The molecule has 10 nitrogen and oxygen atoms in total. The maximum Gasteiger partial charge on any atom is 0.271 e. The number of aromatic nitrogens is 3. The molecule has 0 aliphatic carbocycles. The van der Waals surface area contributed by atoms with Crippen LogP contribution in [0.2, 0.25) is 10.0 Å². The van der Waals surface area contributed by atoms with Crippen LogP contribution in [0.4, 0.5) is 11.4 Å². The van der Waals surface area contributed by atoms with E-state index in [9.17, 15) is 19.7 Å². The highest BCUT2D eigenvalue weighted by molar-refractivity contribution is 7.99. The van der Waals surface area contributed by atoms with Gasteiger partial charge in [0.2, 0.25) is 5.91 Å². The maximum atomic E-state index is 12.4. The summed E-state index contributed by atoms with van der Waals surface area (Å²) in [5.74, 6) is -0.237. The first kappa shape index (κ1) is 24.5. The fraction of sp³-hybridized carbons (Fsp3) is 0.200. The van der Waals surface area contributed by atoms with Crippen molar-refractivity contribution in [1.29, 1.82) is 0 Å². The minimum absolute atomic E-state index is 0.0312. The number of halogens is 2. The molecule has 0 saturated carbocycles. The molecule has 1 aromatic heterocycles. The largest absolute Gasteiger partial charge is 0.342 e. The third-order valence-electron chi connectivity index (χ3n) is 4.48. The highest BCUT2D eigenvalue weighted by atomic mass is 35.5. The third-order valence-corrected chi connectivity index (χ3v) is 6.08. The molecule has 33 heavy (non-hydrogen) atoms. The number of amides is 2. The van der Waals surface area contributed by atoms with Gasteiger partial charge in [0, 0.05) is 29.8 Å². The fourth-order valence-corrected chi connectivity index (χ4v) is 3.82. The highest BCUT2D eigenvalue weighted by Crippen LogP contribution is 2.27. The van der Waals surface area contributed by atoms with Crippen molar-refractivity contribution in [2.45, 2.75) is 18.1 Å². The van der Waals surface area contributed by atoms with Crippen LogP contribution in [0.25, 0.3) is 0 Å². The fourth-order valence-electron chi connectivity index (χ4n) is 2.81. The third kappa shape index (κ3) is 6.21. The Labute approximate surface area is 202 Å². The molecule has 3 rings (SSSR count). The summed E-state index contributed by atoms with van der Waals surface area (Å²) in [4.78, 5) is 35.1. The zero-order valence-electron chi connectivity index (χ0n) is 17.4. The monoisotopic (exact) mass is 508 g/mol. The molecule has 2 N–H and O–H groups in total. The number of nitrogens with zero attached hydrogens (tertiary/aromatic N) is 4. The molecule has 2 amide bonds. The van der Waals surface area contributed by atoms with Crippen LogP contribution in [0, 0.1) is 10.1 Å². The molecule has 3 aromatic rings. The molecule has 0 unspecified atom stereocenters. The smallest absolute Gasteiger partial charge is 0.271 e. The van der Waals surface area contributed by atoms with Gasteiger partial charge in [-0.25, -0.2) is 0 Å². The summed E-state index contributed by atoms with van der Waals surface area (Å²) in [6.07, 6.45) is 0. The number of hydrogen-bond acceptors (Lipinski definition) is 7. The molecule has 0 aliphatic rings. The van der Waals surface area contributed by atoms with Gasteiger partial charge < -0.3 is 15.2 Å². The van der Waals surface area contributed by atoms with E-state index in [1.54, 1.807) is 42.8 Å². The molecule has 13 heteroatoms. The average Bonchev–Trinajstić information content (AvgIpc) is 3.14. The van der Waals surface area contributed by atoms with E-state index in [1.807, 2.05) is 0 Å². The number of carbonyl (C=O) groups is 2. The van der Waals surface area contributed by atoms with Crippen molar-refractivity contribution < 1.29 is 14.5 Å². The average molecular weight is 509 g/mol. The Kier molecular flexibility index (Phi) is 7.90. The number of thioether (sulfide) groups is 1. The van der Waals surface area contributed by atoms with Crippen molar-refractivity contribution in [2.24, 2.45) is 7.05 Å². The van der Waals surface area contributed by atoms with Gasteiger partial charge in [0.15, 0.2) is 11.0 Å². The van der Waals surface area contributed by atoms with Crippen molar-refractivity contribution in [2.75, 3.05) is 11.1 Å². The van der Waals surface area contributed by atoms with Crippen LogP contribution in [0.3, 0.4) is 0 Å². The van der Waals surface area contributed by atoms with Gasteiger partial charge in [-0.15, -0.1) is 10.2 Å². The van der Waals surface area contributed by atoms with Crippen LogP contribution in [0.15, 0.2) is 47.6 Å². The maximum absolute atomic E-state index is 12.4. The molecule has 1 atom stereocenters. The summed E-state index contributed by atoms with van der Waals surface area (Å²) >= 11 is 13.0. The number of nitrogens with one attached hydrogen (secondary N) is 2. The molecule has 172 valence electrons. The Morgan fingerprint density at radius 2 is 1.88 bits per heavy atom. The summed E-state index contributed by atoms with van der Waals surface area (Å²) in [5, 5.41) is 25.7. The van der Waals surface area contributed by atoms with Gasteiger partial charge in [-0.1, -0.05) is 35.0 Å². The zero-order valence-corrected chi connectivity index (χ0v) is 19.7. The predicted octanol–water partition coefficient (Wildman–Crippen LogP) is 4.25. The van der Waals surface area contributed by atoms with E-state index in [1.165, 1.54) is 18.2 Å². The lowest BCUT2D eigenvalue weighted by Crippen LogP contribution is -2.28. The van der Waals surface area contributed by atoms with Crippen molar-refractivity contribution in [3.05, 3.63) is 74.0 Å². The van der Waals surface area contributed by atoms with Crippen LogP contribution >= 0.6 is 35.0 Å². The number of rotatable bonds is 8. The number of benzene rings is 2. The topological polar surface area (TPSA) is 132 Å². The van der Waals surface area contributed by atoms with Gasteiger partial charge in [-0.05, 0) is 37.3 Å². The number of nitro benzene ring substituents is 1. The Hall–Kier alpha value is -3.15. The van der Waals surface area contributed by atoms with Gasteiger partial charge >= 0.3 is 0 Å². The van der Waals surface area contributed by atoms with Crippen LogP contribution in [-0.4, -0.2) is 37.3 Å². The van der Waals surface area contributed by atoms with Crippen molar-refractivity contribution in [3.8, 4) is 0 Å². The van der Waals surface area contributed by atoms with E-state index in [-0.39, 0.29) is 28.1 Å². The normalized spacial score (nSPS) is 11.6. The number of hydrogen-bond donors (Lipinski definition) is 2. The van der Waals surface area contributed by atoms with Crippen molar-refractivity contribution >= 4 is 58.2 Å². The Morgan fingerprint density at radius 3 is 2.55 bits per heavy atom. The molecular formula is C20H18Cl2N6O4S. The Balaban J connectivity index is 1.60. The molecule has 0 radical (unpaired) electrons. The summed E-state index contributed by atoms with van der Waals surface area (Å²) in [5.41, 5.74) is 0.420. The highest BCUT2D eigenvalue weighted by Gasteiger charge is 2.19. The van der Waals surface area contributed by atoms with E-state index in [0.717, 1.165) is 11.8 Å². The molecule has 2 aromatic carbocycles. The first-order valence-corrected chi connectivity index (χ1v) is 11.2. The molecule has 1 heterocycles. The van der Waals surface area contributed by atoms with E-state index in [2.05, 4.69) is 20.8 Å². The number of nitro groups is 1. The van der Waals surface area contributed by atoms with E-state index in [4.69, 9.17) is 23.2 Å². The zero-order chi connectivity index (χ0) is 24.1. The number of anilines is 1. The lowest BCUT2D eigenvalue weighted by atomic mass is 10.2. The second kappa shape index (κ2) is 10.6. The van der Waals surface area contributed by atoms with Crippen LogP contribution in [-0.2, 0) is 11.8 Å². The minimum Gasteiger partial charge on any atom is -0.342 e. The minimum atomic E-state index is -0.575. The van der Waals surface area contributed by atoms with Crippen LogP contribution < -0.4 is 10.6 Å². The summed E-state index contributed by atoms with van der Waals surface area (Å²) < 4.78 is 1.67. The van der Waals surface area contributed by atoms with Gasteiger partial charge in [0.1, 0.15) is 0 Å². The second-order valence-electron chi connectivity index (χ2n) is 6.86. The van der Waals surface area contributed by atoms with Crippen molar-refractivity contribution in [1.82, 2.24) is 20.1 Å². The van der Waals surface area contributed by atoms with Gasteiger partial charge in [0.05, 0.1) is 27.4 Å². The van der Waals surface area contributed by atoms with E-state index >= 15 is 0 Å². The first-order valence-electron chi connectivity index (χ1n) is 9.48. The van der Waals surface area contributed by atoms with Gasteiger partial charge in [0.25, 0.3) is 11.6 Å². The van der Waals surface area contributed by atoms with Gasteiger partial charge in [-0.3, -0.25) is 19.7 Å². The van der Waals surface area contributed by atoms with Crippen LogP contribution in [0.1, 0.15) is 29.1 Å². The van der Waals surface area contributed by atoms with Gasteiger partial charge in [-0.2, -0.15) is 0 Å². The second-order valence-corrected chi connectivity index (χ2v) is 8.65. The predicted molar refractivity (Wildman–Crippen MR) is 126 cm³/mol. The Bertz CT molecular complexity index is 1200. The first-order chi connectivity index (χ1) is 15.7. The molecular weight excluding hydrogens is 491 g/mol. The van der Waals surface area contributed by atoms with E-state index in [0.29, 0.717) is 21.6 Å². The SMILES string of the molecule is C[C@@H](NC(=O)c1ccc(Cl)cc1)c1nnc(SCC(=O)Nc2cc([N+](=O)[O-])ccc2Cl)n1C. The number of carbonyl (C=O) groups excluding carboxylic acids is 2. The quantitative estimate of drug-likeness (QED) is 0.264. The molecule has 0 spiro atoms.